The number of carbonyl (C=O) groups excluding carboxylic acids is 1. The monoisotopic (exact) mass is 367 g/mol. The van der Waals surface area contributed by atoms with Crippen LogP contribution in [0.5, 0.6) is 5.75 Å². The van der Waals surface area contributed by atoms with Gasteiger partial charge in [-0.1, -0.05) is 17.7 Å². The summed E-state index contributed by atoms with van der Waals surface area (Å²) >= 11 is 6.00. The van der Waals surface area contributed by atoms with Crippen molar-refractivity contribution in [3.05, 3.63) is 52.5 Å². The average molecular weight is 368 g/mol. The van der Waals surface area contributed by atoms with Gasteiger partial charge in [-0.05, 0) is 55.3 Å². The van der Waals surface area contributed by atoms with Crippen molar-refractivity contribution in [2.75, 3.05) is 18.2 Å². The molecule has 0 aliphatic carbocycles. The van der Waals surface area contributed by atoms with Gasteiger partial charge in [-0.15, -0.1) is 0 Å². The second-order valence-corrected chi connectivity index (χ2v) is 7.92. The fourth-order valence-corrected chi connectivity index (χ4v) is 2.78. The predicted octanol–water partition coefficient (Wildman–Crippen LogP) is 3.38. The molecule has 128 valence electrons. The van der Waals surface area contributed by atoms with Gasteiger partial charge in [-0.3, -0.25) is 4.79 Å². The first-order valence-electron chi connectivity index (χ1n) is 7.16. The number of anilines is 1. The maximum absolute atomic E-state index is 12.0. The minimum atomic E-state index is -3.38. The van der Waals surface area contributed by atoms with Crippen molar-refractivity contribution < 1.29 is 17.9 Å². The first-order valence-corrected chi connectivity index (χ1v) is 9.43. The zero-order valence-electron chi connectivity index (χ0n) is 13.6. The summed E-state index contributed by atoms with van der Waals surface area (Å²) in [6.45, 7) is 3.74. The first kappa shape index (κ1) is 18.3. The van der Waals surface area contributed by atoms with Crippen molar-refractivity contribution in [3.63, 3.8) is 0 Å². The topological polar surface area (TPSA) is 72.5 Å². The van der Waals surface area contributed by atoms with Crippen LogP contribution in [-0.2, 0) is 14.6 Å². The number of carbonyl (C=O) groups is 1. The van der Waals surface area contributed by atoms with Crippen LogP contribution in [0.3, 0.4) is 0 Å². The Hall–Kier alpha value is -2.05. The Kier molecular flexibility index (Phi) is 5.51. The highest BCUT2D eigenvalue weighted by atomic mass is 35.5. The lowest BCUT2D eigenvalue weighted by Crippen LogP contribution is -2.20. The zero-order valence-corrected chi connectivity index (χ0v) is 15.2. The van der Waals surface area contributed by atoms with Crippen molar-refractivity contribution in [3.8, 4) is 5.75 Å². The molecule has 0 spiro atoms. The zero-order chi connectivity index (χ0) is 17.9. The summed E-state index contributed by atoms with van der Waals surface area (Å²) in [5, 5.41) is 2.81. The van der Waals surface area contributed by atoms with E-state index in [-0.39, 0.29) is 22.2 Å². The van der Waals surface area contributed by atoms with E-state index in [2.05, 4.69) is 5.32 Å². The lowest BCUT2D eigenvalue weighted by Gasteiger charge is -2.11. The molecular formula is C17H18ClNO4S. The summed E-state index contributed by atoms with van der Waals surface area (Å²) in [6.07, 6.45) is 1.09. The van der Waals surface area contributed by atoms with Crippen LogP contribution in [0.2, 0.25) is 5.02 Å². The van der Waals surface area contributed by atoms with Gasteiger partial charge in [-0.2, -0.15) is 0 Å². The second-order valence-electron chi connectivity index (χ2n) is 5.50. The highest BCUT2D eigenvalue weighted by molar-refractivity contribution is 7.90. The molecule has 1 N–H and O–H groups in total. The van der Waals surface area contributed by atoms with Gasteiger partial charge < -0.3 is 10.1 Å². The van der Waals surface area contributed by atoms with Crippen LogP contribution in [0.4, 0.5) is 5.69 Å². The van der Waals surface area contributed by atoms with Crippen LogP contribution in [0.1, 0.15) is 11.1 Å². The van der Waals surface area contributed by atoms with E-state index >= 15 is 0 Å². The summed E-state index contributed by atoms with van der Waals surface area (Å²) in [5.74, 6) is 0.157. The summed E-state index contributed by atoms with van der Waals surface area (Å²) in [4.78, 5) is 12.1. The number of hydrogen-bond donors (Lipinski definition) is 1. The molecule has 0 unspecified atom stereocenters. The van der Waals surface area contributed by atoms with Crippen molar-refractivity contribution >= 4 is 33.0 Å². The minimum absolute atomic E-state index is 0.0808. The van der Waals surface area contributed by atoms with Crippen LogP contribution in [0.25, 0.3) is 0 Å². The minimum Gasteiger partial charge on any atom is -0.484 e. The van der Waals surface area contributed by atoms with Gasteiger partial charge in [0.1, 0.15) is 5.75 Å². The van der Waals surface area contributed by atoms with Crippen LogP contribution < -0.4 is 10.1 Å². The summed E-state index contributed by atoms with van der Waals surface area (Å²) < 4.78 is 28.6. The smallest absolute Gasteiger partial charge is 0.262 e. The molecule has 2 rings (SSSR count). The Morgan fingerprint density at radius 2 is 1.83 bits per heavy atom. The summed E-state index contributed by atoms with van der Waals surface area (Å²) in [6, 6.07) is 9.68. The number of rotatable bonds is 5. The van der Waals surface area contributed by atoms with Gasteiger partial charge >= 0.3 is 0 Å². The fourth-order valence-electron chi connectivity index (χ4n) is 1.97. The number of halogens is 1. The molecule has 0 radical (unpaired) electrons. The van der Waals surface area contributed by atoms with Gasteiger partial charge in [0, 0.05) is 6.26 Å². The van der Waals surface area contributed by atoms with Crippen molar-refractivity contribution in [1.29, 1.82) is 0 Å². The molecule has 2 aromatic rings. The standard InChI is InChI=1S/C17H18ClNO4S/c1-11-4-5-13(8-12(11)2)23-10-17(20)19-16-9-14(24(3,21)22)6-7-15(16)18/h4-9H,10H2,1-3H3,(H,19,20). The quantitative estimate of drug-likeness (QED) is 0.879. The van der Waals surface area contributed by atoms with Gasteiger partial charge in [0.05, 0.1) is 15.6 Å². The van der Waals surface area contributed by atoms with Crippen LogP contribution in [0, 0.1) is 13.8 Å². The summed E-state index contributed by atoms with van der Waals surface area (Å²) in [5.41, 5.74) is 2.43. The molecule has 7 heteroatoms. The lowest BCUT2D eigenvalue weighted by atomic mass is 10.1. The Labute approximate surface area is 146 Å². The van der Waals surface area contributed by atoms with Crippen molar-refractivity contribution in [1.82, 2.24) is 0 Å². The van der Waals surface area contributed by atoms with Gasteiger partial charge in [-0.25, -0.2) is 8.42 Å². The van der Waals surface area contributed by atoms with Crippen molar-refractivity contribution in [2.24, 2.45) is 0 Å². The third-order valence-corrected chi connectivity index (χ3v) is 4.93. The Balaban J connectivity index is 2.05. The predicted molar refractivity (Wildman–Crippen MR) is 94.6 cm³/mol. The van der Waals surface area contributed by atoms with E-state index in [1.54, 1.807) is 6.07 Å². The molecule has 5 nitrogen and oxygen atoms in total. The number of sulfone groups is 1. The Morgan fingerprint density at radius 3 is 2.46 bits per heavy atom. The molecule has 0 fully saturated rings. The molecule has 0 aliphatic heterocycles. The second kappa shape index (κ2) is 7.23. The van der Waals surface area contributed by atoms with Crippen molar-refractivity contribution in [2.45, 2.75) is 18.7 Å². The molecular weight excluding hydrogens is 350 g/mol. The molecule has 1 amide bonds. The molecule has 0 saturated heterocycles. The highest BCUT2D eigenvalue weighted by Gasteiger charge is 2.12. The highest BCUT2D eigenvalue weighted by Crippen LogP contribution is 2.25. The molecule has 24 heavy (non-hydrogen) atoms. The van der Waals surface area contributed by atoms with E-state index in [1.165, 1.54) is 18.2 Å². The fraction of sp³-hybridized carbons (Fsp3) is 0.235. The van der Waals surface area contributed by atoms with Gasteiger partial charge in [0.2, 0.25) is 0 Å². The number of amides is 1. The van der Waals surface area contributed by atoms with E-state index in [1.807, 2.05) is 26.0 Å². The SMILES string of the molecule is Cc1ccc(OCC(=O)Nc2cc(S(C)(=O)=O)ccc2Cl)cc1C. The maximum atomic E-state index is 12.0. The molecule has 0 atom stereocenters. The van der Waals surface area contributed by atoms with E-state index in [9.17, 15) is 13.2 Å². The number of nitrogens with one attached hydrogen (secondary N) is 1. The third kappa shape index (κ3) is 4.72. The van der Waals surface area contributed by atoms with Gasteiger partial charge in [0.25, 0.3) is 5.91 Å². The van der Waals surface area contributed by atoms with E-state index < -0.39 is 15.7 Å². The lowest BCUT2D eigenvalue weighted by molar-refractivity contribution is -0.118. The molecule has 0 bridgehead atoms. The molecule has 2 aromatic carbocycles. The molecule has 0 heterocycles. The molecule has 0 saturated carbocycles. The number of ether oxygens (including phenoxy) is 1. The molecule has 0 aromatic heterocycles. The number of aryl methyl sites for hydroxylation is 2. The average Bonchev–Trinajstić information content (AvgIpc) is 2.49. The largest absolute Gasteiger partial charge is 0.484 e. The van der Waals surface area contributed by atoms with Crippen LogP contribution >= 0.6 is 11.6 Å². The number of hydrogen-bond acceptors (Lipinski definition) is 4. The maximum Gasteiger partial charge on any atom is 0.262 e. The van der Waals surface area contributed by atoms with Crippen LogP contribution in [0.15, 0.2) is 41.3 Å². The molecule has 0 aliphatic rings. The number of benzene rings is 2. The Bertz CT molecular complexity index is 878. The first-order chi connectivity index (χ1) is 11.2. The van der Waals surface area contributed by atoms with E-state index in [0.717, 1.165) is 17.4 Å². The van der Waals surface area contributed by atoms with Crippen LogP contribution in [-0.4, -0.2) is 27.2 Å². The van der Waals surface area contributed by atoms with Gasteiger partial charge in [0.15, 0.2) is 16.4 Å². The third-order valence-electron chi connectivity index (χ3n) is 3.49. The summed E-state index contributed by atoms with van der Waals surface area (Å²) in [7, 11) is -3.38. The van der Waals surface area contributed by atoms with E-state index in [0.29, 0.717) is 5.75 Å². The normalized spacial score (nSPS) is 11.2. The van der Waals surface area contributed by atoms with E-state index in [4.69, 9.17) is 16.3 Å². The Morgan fingerprint density at radius 1 is 1.12 bits per heavy atom.